The average molecular weight is 235 g/mol. The predicted molar refractivity (Wildman–Crippen MR) is 66.1 cm³/mol. The maximum Gasteiger partial charge on any atom is 0.290 e. The number of anilines is 1. The van der Waals surface area contributed by atoms with E-state index in [0.717, 1.165) is 11.7 Å². The van der Waals surface area contributed by atoms with Gasteiger partial charge in [-0.3, -0.25) is 10.1 Å². The van der Waals surface area contributed by atoms with E-state index in [4.69, 9.17) is 0 Å². The molecule has 0 spiro atoms. The van der Waals surface area contributed by atoms with Crippen LogP contribution in [0.15, 0.2) is 12.1 Å². The Morgan fingerprint density at radius 3 is 2.94 bits per heavy atom. The van der Waals surface area contributed by atoms with E-state index < -0.39 is 4.92 Å². The van der Waals surface area contributed by atoms with Crippen molar-refractivity contribution in [3.8, 4) is 0 Å². The number of hydrogen-bond donors (Lipinski definition) is 1. The molecule has 0 bridgehead atoms. The summed E-state index contributed by atoms with van der Waals surface area (Å²) >= 11 is 0. The molecule has 2 unspecified atom stereocenters. The number of aryl methyl sites for hydroxylation is 1. The van der Waals surface area contributed by atoms with E-state index in [1.54, 1.807) is 13.0 Å². The van der Waals surface area contributed by atoms with Gasteiger partial charge in [0.05, 0.1) is 4.92 Å². The molecule has 5 heteroatoms. The normalized spacial score (nSPS) is 22.2. The number of aromatic nitrogens is 1. The molecule has 0 aliphatic heterocycles. The third kappa shape index (κ3) is 2.72. The monoisotopic (exact) mass is 235 g/mol. The van der Waals surface area contributed by atoms with E-state index in [1.165, 1.54) is 25.3 Å². The molecule has 1 N–H and O–H groups in total. The molecule has 1 fully saturated rings. The van der Waals surface area contributed by atoms with Crippen molar-refractivity contribution >= 4 is 11.5 Å². The number of nitrogens with zero attached hydrogens (tertiary/aromatic N) is 2. The van der Waals surface area contributed by atoms with Gasteiger partial charge in [0.2, 0.25) is 0 Å². The molecule has 92 valence electrons. The van der Waals surface area contributed by atoms with Gasteiger partial charge in [0.25, 0.3) is 5.69 Å². The fourth-order valence-corrected chi connectivity index (χ4v) is 2.13. The van der Waals surface area contributed by atoms with E-state index >= 15 is 0 Å². The topological polar surface area (TPSA) is 68.1 Å². The lowest BCUT2D eigenvalue weighted by atomic mass is 10.2. The molecule has 1 saturated carbocycles. The zero-order valence-corrected chi connectivity index (χ0v) is 10.1. The number of hydrogen-bond acceptors (Lipinski definition) is 4. The van der Waals surface area contributed by atoms with Crippen molar-refractivity contribution in [2.75, 3.05) is 5.32 Å². The van der Waals surface area contributed by atoms with Crippen LogP contribution in [-0.4, -0.2) is 15.9 Å². The van der Waals surface area contributed by atoms with Crippen LogP contribution in [0, 0.1) is 23.0 Å². The van der Waals surface area contributed by atoms with Gasteiger partial charge in [-0.25, -0.2) is 4.98 Å². The number of pyridine rings is 1. The quantitative estimate of drug-likeness (QED) is 0.629. The van der Waals surface area contributed by atoms with Gasteiger partial charge in [0.1, 0.15) is 11.5 Å². The molecule has 0 saturated heterocycles. The third-order valence-corrected chi connectivity index (χ3v) is 3.17. The fraction of sp³-hybridized carbons (Fsp3) is 0.583. The minimum atomic E-state index is -0.400. The maximum atomic E-state index is 10.6. The number of nitro groups is 1. The second-order valence-corrected chi connectivity index (χ2v) is 4.59. The summed E-state index contributed by atoms with van der Waals surface area (Å²) in [5.41, 5.74) is 0.546. The summed E-state index contributed by atoms with van der Waals surface area (Å²) in [6, 6.07) is 3.71. The van der Waals surface area contributed by atoms with Gasteiger partial charge in [-0.05, 0) is 31.7 Å². The Kier molecular flexibility index (Phi) is 3.26. The molecule has 1 aliphatic rings. The van der Waals surface area contributed by atoms with Crippen LogP contribution in [0.5, 0.6) is 0 Å². The van der Waals surface area contributed by atoms with E-state index in [1.807, 2.05) is 0 Å². The Bertz CT molecular complexity index is 434. The van der Waals surface area contributed by atoms with Crippen LogP contribution in [0.25, 0.3) is 0 Å². The van der Waals surface area contributed by atoms with Crippen molar-refractivity contribution in [3.63, 3.8) is 0 Å². The Morgan fingerprint density at radius 1 is 1.59 bits per heavy atom. The largest absolute Gasteiger partial charge is 0.367 e. The van der Waals surface area contributed by atoms with Crippen molar-refractivity contribution in [1.29, 1.82) is 0 Å². The minimum Gasteiger partial charge on any atom is -0.367 e. The molecule has 5 nitrogen and oxygen atoms in total. The second kappa shape index (κ2) is 4.69. The van der Waals surface area contributed by atoms with Crippen molar-refractivity contribution in [2.45, 2.75) is 39.2 Å². The van der Waals surface area contributed by atoms with Crippen LogP contribution in [0.1, 0.15) is 31.9 Å². The molecule has 1 aliphatic carbocycles. The molecule has 1 heterocycles. The summed E-state index contributed by atoms with van der Waals surface area (Å²) < 4.78 is 0. The van der Waals surface area contributed by atoms with Crippen molar-refractivity contribution in [3.05, 3.63) is 27.9 Å². The highest BCUT2D eigenvalue weighted by Crippen LogP contribution is 2.37. The Balaban J connectivity index is 1.99. The van der Waals surface area contributed by atoms with Gasteiger partial charge < -0.3 is 5.32 Å². The standard InChI is InChI=1S/C12H17N3O2/c1-3-4-9-7-10(9)14-12-6-5-11(15(16)17)8(2)13-12/h5-6,9-10H,3-4,7H2,1-2H3,(H,13,14). The zero-order chi connectivity index (χ0) is 12.4. The van der Waals surface area contributed by atoms with Crippen molar-refractivity contribution in [2.24, 2.45) is 5.92 Å². The molecule has 1 aromatic rings. The summed E-state index contributed by atoms with van der Waals surface area (Å²) in [5.74, 6) is 1.49. The minimum absolute atomic E-state index is 0.0801. The van der Waals surface area contributed by atoms with Gasteiger partial charge in [0, 0.05) is 12.1 Å². The predicted octanol–water partition coefficient (Wildman–Crippen LogP) is 2.90. The van der Waals surface area contributed by atoms with Crippen LogP contribution in [0.4, 0.5) is 11.5 Å². The molecular formula is C12H17N3O2. The second-order valence-electron chi connectivity index (χ2n) is 4.59. The molecule has 2 atom stereocenters. The molecule has 1 aromatic heterocycles. The van der Waals surface area contributed by atoms with Crippen LogP contribution in [0.3, 0.4) is 0 Å². The summed E-state index contributed by atoms with van der Waals surface area (Å²) in [4.78, 5) is 14.5. The third-order valence-electron chi connectivity index (χ3n) is 3.17. The molecule has 17 heavy (non-hydrogen) atoms. The van der Waals surface area contributed by atoms with Gasteiger partial charge in [-0.2, -0.15) is 0 Å². The molecule has 0 aromatic carbocycles. The smallest absolute Gasteiger partial charge is 0.290 e. The fourth-order valence-electron chi connectivity index (χ4n) is 2.13. The highest BCUT2D eigenvalue weighted by Gasteiger charge is 2.36. The van der Waals surface area contributed by atoms with Crippen LogP contribution in [-0.2, 0) is 0 Å². The Labute approximate surface area is 100 Å². The highest BCUT2D eigenvalue weighted by atomic mass is 16.6. The number of rotatable bonds is 5. The van der Waals surface area contributed by atoms with E-state index in [-0.39, 0.29) is 5.69 Å². The maximum absolute atomic E-state index is 10.6. The first-order chi connectivity index (χ1) is 8.11. The van der Waals surface area contributed by atoms with Crippen molar-refractivity contribution in [1.82, 2.24) is 4.98 Å². The van der Waals surface area contributed by atoms with Crippen molar-refractivity contribution < 1.29 is 4.92 Å². The van der Waals surface area contributed by atoms with Gasteiger partial charge >= 0.3 is 0 Å². The van der Waals surface area contributed by atoms with Crippen LogP contribution < -0.4 is 5.32 Å². The SMILES string of the molecule is CCCC1CC1Nc1ccc([N+](=O)[O-])c(C)n1. The van der Waals surface area contributed by atoms with E-state index in [2.05, 4.69) is 17.2 Å². The van der Waals surface area contributed by atoms with Crippen LogP contribution >= 0.6 is 0 Å². The summed E-state index contributed by atoms with van der Waals surface area (Å²) in [6.45, 7) is 3.85. The molecule has 2 rings (SSSR count). The first kappa shape index (κ1) is 11.8. The summed E-state index contributed by atoms with van der Waals surface area (Å²) in [5, 5.41) is 14.0. The molecule has 0 radical (unpaired) electrons. The molecule has 0 amide bonds. The Hall–Kier alpha value is -1.65. The lowest BCUT2D eigenvalue weighted by Crippen LogP contribution is -2.07. The van der Waals surface area contributed by atoms with Gasteiger partial charge in [-0.15, -0.1) is 0 Å². The van der Waals surface area contributed by atoms with Gasteiger partial charge in [-0.1, -0.05) is 13.3 Å². The van der Waals surface area contributed by atoms with E-state index in [9.17, 15) is 10.1 Å². The van der Waals surface area contributed by atoms with Gasteiger partial charge in [0.15, 0.2) is 0 Å². The summed E-state index contributed by atoms with van der Waals surface area (Å²) in [7, 11) is 0. The van der Waals surface area contributed by atoms with E-state index in [0.29, 0.717) is 11.7 Å². The highest BCUT2D eigenvalue weighted by molar-refractivity contribution is 5.46. The lowest BCUT2D eigenvalue weighted by molar-refractivity contribution is -0.385. The van der Waals surface area contributed by atoms with Crippen LogP contribution in [0.2, 0.25) is 0 Å². The number of nitrogens with one attached hydrogen (secondary N) is 1. The Morgan fingerprint density at radius 2 is 2.35 bits per heavy atom. The zero-order valence-electron chi connectivity index (χ0n) is 10.1. The lowest BCUT2D eigenvalue weighted by Gasteiger charge is -2.05. The molecular weight excluding hydrogens is 218 g/mol. The first-order valence-corrected chi connectivity index (χ1v) is 6.00. The summed E-state index contributed by atoms with van der Waals surface area (Å²) in [6.07, 6.45) is 3.63. The average Bonchev–Trinajstić information content (AvgIpc) is 2.96. The first-order valence-electron chi connectivity index (χ1n) is 6.00.